The lowest BCUT2D eigenvalue weighted by Gasteiger charge is -2.37. The highest BCUT2D eigenvalue weighted by Gasteiger charge is 2.25. The Morgan fingerprint density at radius 3 is 1.29 bits per heavy atom. The van der Waals surface area contributed by atoms with Crippen molar-refractivity contribution in [1.29, 1.82) is 0 Å². The van der Waals surface area contributed by atoms with E-state index in [1.54, 1.807) is 0 Å². The Balaban J connectivity index is 0.00000256. The first-order valence-corrected chi connectivity index (χ1v) is 20.6. The summed E-state index contributed by atoms with van der Waals surface area (Å²) < 4.78 is 14.7. The molecule has 4 aliphatic rings. The lowest BCUT2D eigenvalue weighted by Crippen LogP contribution is -3.00. The molecule has 0 spiro atoms. The van der Waals surface area contributed by atoms with Gasteiger partial charge in [0, 0.05) is 33.2 Å². The van der Waals surface area contributed by atoms with Gasteiger partial charge >= 0.3 is 0 Å². The second kappa shape index (κ2) is 18.5. The van der Waals surface area contributed by atoms with Crippen LogP contribution in [0.4, 0.5) is 0 Å². The highest BCUT2D eigenvalue weighted by Crippen LogP contribution is 2.34. The van der Waals surface area contributed by atoms with Crippen LogP contribution in [0.5, 0.6) is 11.5 Å². The minimum atomic E-state index is 0. The van der Waals surface area contributed by atoms with Crippen molar-refractivity contribution in [2.45, 2.75) is 38.5 Å². The van der Waals surface area contributed by atoms with Crippen LogP contribution < -0.4 is 57.4 Å². The van der Waals surface area contributed by atoms with Crippen molar-refractivity contribution in [2.75, 3.05) is 66.6 Å². The summed E-state index contributed by atoms with van der Waals surface area (Å²) in [5, 5.41) is 0. The van der Waals surface area contributed by atoms with Gasteiger partial charge in [-0.3, -0.25) is 0 Å². The number of ether oxygens (including phenoxy) is 2. The molecule has 2 fully saturated rings. The number of aromatic nitrogens is 4. The van der Waals surface area contributed by atoms with Crippen molar-refractivity contribution in [2.24, 2.45) is 0 Å². The van der Waals surface area contributed by atoms with Crippen LogP contribution in [0.25, 0.3) is 68.6 Å². The van der Waals surface area contributed by atoms with Crippen molar-refractivity contribution in [1.82, 2.24) is 19.9 Å². The van der Waals surface area contributed by atoms with Crippen LogP contribution in [0.1, 0.15) is 61.3 Å². The zero-order chi connectivity index (χ0) is 38.0. The first-order valence-electron chi connectivity index (χ1n) is 20.6. The van der Waals surface area contributed by atoms with Crippen LogP contribution in [-0.4, -0.2) is 95.5 Å². The van der Waals surface area contributed by atoms with Crippen LogP contribution in [-0.2, 0) is 0 Å². The maximum absolute atomic E-state index is 6.26. The number of hydrogen-bond acceptors (Lipinski definition) is 4. The van der Waals surface area contributed by atoms with E-state index < -0.39 is 0 Å². The van der Waals surface area contributed by atoms with Crippen LogP contribution in [0.15, 0.2) is 84.9 Å². The molecule has 0 atom stereocenters. The Labute approximate surface area is 376 Å². The third kappa shape index (κ3) is 9.72. The molecule has 9 rings (SSSR count). The van der Waals surface area contributed by atoms with Crippen LogP contribution in [0.3, 0.4) is 0 Å². The standard InChI is InChI=1S/C48H54N6O2.2HI/c1-53(25-5-3-6-26-53)29-31-55-41-17-9-35(10-18-41)47-43-21-13-37(49-43)33-39-15-23-45(51-39)48(46-24-16-40(52-46)34-38-14-22-44(47)50-38)36-11-19-42(20-12-36)56-32-30-54(2)27-7-4-8-28-54;;/h9-24,33-34,49,52H,3-8,25-32H2,1-2H3;2*1H/q+2;;/p-2. The first-order chi connectivity index (χ1) is 27.4. The molecule has 8 nitrogen and oxygen atoms in total. The number of H-pyrrole nitrogens is 2. The number of quaternary nitrogens is 2. The number of benzene rings is 2. The molecule has 0 radical (unpaired) electrons. The molecule has 10 heteroatoms. The number of halogens is 2. The van der Waals surface area contributed by atoms with Gasteiger partial charge in [0.1, 0.15) is 37.8 Å². The van der Waals surface area contributed by atoms with E-state index in [2.05, 4.69) is 133 Å². The quantitative estimate of drug-likeness (QED) is 0.161. The Kier molecular flexibility index (Phi) is 13.5. The van der Waals surface area contributed by atoms with Gasteiger partial charge in [-0.15, -0.1) is 0 Å². The SMILES string of the molecule is C[N+]1(CCOc2ccc(-c3c4nc(cc5ccc([nH]5)c(-c5ccc(OCC[N+]6(C)CCCCC6)cc5)c5nc(cc6ccc3[nH]6)C=C5)C=C4)cc2)CCCCC1.[I-].[I-]. The Hall–Kier alpha value is -3.98. The van der Waals surface area contributed by atoms with Gasteiger partial charge in [0.05, 0.1) is 63.1 Å². The van der Waals surface area contributed by atoms with Crippen molar-refractivity contribution >= 4 is 46.4 Å². The third-order valence-electron chi connectivity index (χ3n) is 12.3. The molecule has 58 heavy (non-hydrogen) atoms. The Morgan fingerprint density at radius 1 is 0.500 bits per heavy atom. The van der Waals surface area contributed by atoms with E-state index in [0.29, 0.717) is 0 Å². The maximum atomic E-state index is 6.26. The predicted molar refractivity (Wildman–Crippen MR) is 230 cm³/mol. The van der Waals surface area contributed by atoms with E-state index in [9.17, 15) is 0 Å². The summed E-state index contributed by atoms with van der Waals surface area (Å²) in [6, 6.07) is 29.7. The third-order valence-corrected chi connectivity index (χ3v) is 12.3. The normalized spacial score (nSPS) is 16.6. The van der Waals surface area contributed by atoms with E-state index in [-0.39, 0.29) is 48.0 Å². The van der Waals surface area contributed by atoms with Gasteiger partial charge in [-0.2, -0.15) is 0 Å². The molecule has 3 aromatic heterocycles. The highest BCUT2D eigenvalue weighted by molar-refractivity contribution is 5.93. The molecule has 2 N–H and O–H groups in total. The van der Waals surface area contributed by atoms with Gasteiger partial charge in [0.2, 0.25) is 0 Å². The Morgan fingerprint density at radius 2 is 0.897 bits per heavy atom. The first kappa shape index (κ1) is 42.2. The number of likely N-dealkylation sites (N-methyl/N-ethyl adjacent to an activating group) is 2. The maximum Gasteiger partial charge on any atom is 0.137 e. The van der Waals surface area contributed by atoms with E-state index in [1.165, 1.54) is 64.7 Å². The molecule has 0 unspecified atom stereocenters. The molecule has 5 aromatic rings. The fourth-order valence-electron chi connectivity index (χ4n) is 8.88. The predicted octanol–water partition coefficient (Wildman–Crippen LogP) is 4.02. The molecule has 2 aromatic carbocycles. The lowest BCUT2D eigenvalue weighted by molar-refractivity contribution is -0.914. The van der Waals surface area contributed by atoms with Gasteiger partial charge < -0.3 is 76.4 Å². The van der Waals surface area contributed by atoms with E-state index in [1.807, 2.05) is 0 Å². The van der Waals surface area contributed by atoms with E-state index in [0.717, 1.165) is 114 Å². The number of nitrogens with zero attached hydrogens (tertiary/aromatic N) is 4. The van der Waals surface area contributed by atoms with Gasteiger partial charge in [0.25, 0.3) is 0 Å². The average molecular weight is 1000 g/mol. The molecule has 0 saturated carbocycles. The molecule has 2 saturated heterocycles. The van der Waals surface area contributed by atoms with Crippen molar-refractivity contribution < 1.29 is 66.4 Å². The number of rotatable bonds is 10. The highest BCUT2D eigenvalue weighted by atomic mass is 127. The van der Waals surface area contributed by atoms with Gasteiger partial charge in [-0.1, -0.05) is 24.3 Å². The molecule has 302 valence electrons. The molecular weight excluding hydrogens is 946 g/mol. The van der Waals surface area contributed by atoms with E-state index in [4.69, 9.17) is 19.4 Å². The second-order valence-electron chi connectivity index (χ2n) is 16.7. The number of aromatic amines is 2. The van der Waals surface area contributed by atoms with Crippen LogP contribution in [0.2, 0.25) is 0 Å². The smallest absolute Gasteiger partial charge is 0.137 e. The number of piperidine rings is 2. The fourth-order valence-corrected chi connectivity index (χ4v) is 8.88. The van der Waals surface area contributed by atoms with Gasteiger partial charge in [0.15, 0.2) is 0 Å². The van der Waals surface area contributed by atoms with Gasteiger partial charge in [-0.05, 0) is 135 Å². The number of fused-ring (bicyclic) bond motifs is 8. The zero-order valence-corrected chi connectivity index (χ0v) is 38.0. The molecule has 7 heterocycles. The molecule has 0 aliphatic carbocycles. The molecule has 4 aliphatic heterocycles. The summed E-state index contributed by atoms with van der Waals surface area (Å²) in [5.74, 6) is 1.80. The Bertz CT molecular complexity index is 2250. The fraction of sp³-hybridized carbons (Fsp3) is 0.333. The molecule has 8 bridgehead atoms. The molecular formula is C48H54I2N6O2. The topological polar surface area (TPSA) is 75.8 Å². The van der Waals surface area contributed by atoms with Crippen molar-refractivity contribution in [3.8, 4) is 33.8 Å². The van der Waals surface area contributed by atoms with Crippen LogP contribution >= 0.6 is 0 Å². The minimum absolute atomic E-state index is 0. The summed E-state index contributed by atoms with van der Waals surface area (Å²) in [6.45, 7) is 8.53. The second-order valence-corrected chi connectivity index (χ2v) is 16.7. The average Bonchev–Trinajstić information content (AvgIpc) is 4.04. The number of hydrogen-bond donors (Lipinski definition) is 2. The molecule has 0 amide bonds. The number of nitrogens with one attached hydrogen (secondary N) is 2. The summed E-state index contributed by atoms with van der Waals surface area (Å²) in [4.78, 5) is 17.6. The van der Waals surface area contributed by atoms with E-state index >= 15 is 0 Å². The number of likely N-dealkylation sites (tertiary alicyclic amines) is 2. The summed E-state index contributed by atoms with van der Waals surface area (Å²) >= 11 is 0. The summed E-state index contributed by atoms with van der Waals surface area (Å²) in [6.07, 6.45) is 16.4. The summed E-state index contributed by atoms with van der Waals surface area (Å²) in [7, 11) is 4.73. The summed E-state index contributed by atoms with van der Waals surface area (Å²) in [5.41, 5.74) is 11.8. The lowest BCUT2D eigenvalue weighted by atomic mass is 10.0. The van der Waals surface area contributed by atoms with Crippen molar-refractivity contribution in [3.63, 3.8) is 0 Å². The van der Waals surface area contributed by atoms with Crippen LogP contribution in [0, 0.1) is 0 Å². The minimum Gasteiger partial charge on any atom is -1.00 e. The zero-order valence-electron chi connectivity index (χ0n) is 33.7. The van der Waals surface area contributed by atoms with Gasteiger partial charge in [-0.25, -0.2) is 9.97 Å². The monoisotopic (exact) mass is 1000 g/mol. The van der Waals surface area contributed by atoms with Crippen molar-refractivity contribution in [3.05, 3.63) is 108 Å². The largest absolute Gasteiger partial charge is 1.00 e.